The molecule has 2 rings (SSSR count). The monoisotopic (exact) mass is 293 g/mol. The summed E-state index contributed by atoms with van der Waals surface area (Å²) in [5.41, 5.74) is 8.00. The quantitative estimate of drug-likeness (QED) is 0.653. The van der Waals surface area contributed by atoms with Gasteiger partial charge in [-0.2, -0.15) is 0 Å². The first-order valence-corrected chi connectivity index (χ1v) is 6.59. The minimum atomic E-state index is -0.524. The van der Waals surface area contributed by atoms with E-state index in [1.165, 1.54) is 7.11 Å². The molecule has 0 bridgehead atoms. The lowest BCUT2D eigenvalue weighted by Gasteiger charge is -2.23. The highest BCUT2D eigenvalue weighted by atomic mass is 16.5. The highest BCUT2D eigenvalue weighted by Gasteiger charge is 2.26. The van der Waals surface area contributed by atoms with Crippen molar-refractivity contribution >= 4 is 22.9 Å². The van der Waals surface area contributed by atoms with Crippen molar-refractivity contribution in [3.63, 3.8) is 0 Å². The highest BCUT2D eigenvalue weighted by molar-refractivity contribution is 6.03. The number of aliphatic hydroxyl groups excluding tert-OH is 2. The third-order valence-electron chi connectivity index (χ3n) is 3.29. The van der Waals surface area contributed by atoms with Crippen molar-refractivity contribution in [2.45, 2.75) is 0 Å². The fraction of sp³-hybridized carbons (Fsp3) is 0.357. The summed E-state index contributed by atoms with van der Waals surface area (Å²) in [6, 6.07) is 5.39. The van der Waals surface area contributed by atoms with Crippen LogP contribution in [0.25, 0.3) is 5.52 Å². The number of aliphatic hydroxyl groups is 2. The molecule has 4 N–H and O–H groups in total. The number of nitrogens with zero attached hydrogens (tertiary/aromatic N) is 2. The van der Waals surface area contributed by atoms with Crippen molar-refractivity contribution in [3.05, 3.63) is 30.1 Å². The second-order valence-corrected chi connectivity index (χ2v) is 4.49. The maximum absolute atomic E-state index is 12.1. The van der Waals surface area contributed by atoms with E-state index in [0.717, 1.165) is 0 Å². The predicted molar refractivity (Wildman–Crippen MR) is 79.5 cm³/mol. The van der Waals surface area contributed by atoms with E-state index in [2.05, 4.69) is 0 Å². The fourth-order valence-electron chi connectivity index (χ4n) is 2.41. The van der Waals surface area contributed by atoms with Crippen LogP contribution in [0.3, 0.4) is 0 Å². The lowest BCUT2D eigenvalue weighted by Crippen LogP contribution is -2.31. The standard InChI is InChI=1S/C14H19N3O4/c1-21-14(20)13-12(16(6-8-18)7-9-19)11(15)10-4-2-3-5-17(10)13/h2-5,18-19H,6-9,15H2,1H3. The number of carbonyl (C=O) groups excluding carboxylic acids is 1. The first kappa shape index (κ1) is 15.1. The topological polar surface area (TPSA) is 100 Å². The number of carbonyl (C=O) groups is 1. The predicted octanol–water partition coefficient (Wildman–Crippen LogP) is 0.0991. The van der Waals surface area contributed by atoms with Gasteiger partial charge in [0.1, 0.15) is 0 Å². The number of nitrogens with two attached hydrogens (primary N) is 1. The highest BCUT2D eigenvalue weighted by Crippen LogP contribution is 2.34. The van der Waals surface area contributed by atoms with Crippen LogP contribution in [-0.2, 0) is 4.74 Å². The molecule has 0 aliphatic heterocycles. The SMILES string of the molecule is COC(=O)c1c(N(CCO)CCO)c(N)c2ccccn12. The number of ether oxygens (including phenoxy) is 1. The van der Waals surface area contributed by atoms with Gasteiger partial charge in [-0.3, -0.25) is 0 Å². The lowest BCUT2D eigenvalue weighted by molar-refractivity contribution is 0.0593. The molecule has 0 amide bonds. The van der Waals surface area contributed by atoms with Crippen molar-refractivity contribution in [1.29, 1.82) is 0 Å². The van der Waals surface area contributed by atoms with Crippen LogP contribution in [0.4, 0.5) is 11.4 Å². The third kappa shape index (κ3) is 2.65. The van der Waals surface area contributed by atoms with Crippen LogP contribution in [0, 0.1) is 0 Å². The van der Waals surface area contributed by atoms with Crippen LogP contribution in [-0.4, -0.2) is 54.0 Å². The third-order valence-corrected chi connectivity index (χ3v) is 3.29. The van der Waals surface area contributed by atoms with Gasteiger partial charge in [-0.05, 0) is 12.1 Å². The van der Waals surface area contributed by atoms with Gasteiger partial charge < -0.3 is 30.0 Å². The zero-order valence-electron chi connectivity index (χ0n) is 11.8. The van der Waals surface area contributed by atoms with E-state index in [4.69, 9.17) is 10.5 Å². The summed E-state index contributed by atoms with van der Waals surface area (Å²) >= 11 is 0. The molecule has 0 saturated heterocycles. The molecular formula is C14H19N3O4. The second-order valence-electron chi connectivity index (χ2n) is 4.49. The molecule has 0 atom stereocenters. The zero-order valence-corrected chi connectivity index (χ0v) is 11.8. The van der Waals surface area contributed by atoms with Crippen molar-refractivity contribution in [3.8, 4) is 0 Å². The van der Waals surface area contributed by atoms with Gasteiger partial charge in [-0.15, -0.1) is 0 Å². The lowest BCUT2D eigenvalue weighted by atomic mass is 10.2. The van der Waals surface area contributed by atoms with Gasteiger partial charge in [0.2, 0.25) is 0 Å². The molecule has 0 fully saturated rings. The normalized spacial score (nSPS) is 10.8. The Labute approximate surface area is 122 Å². The number of nitrogen functional groups attached to an aromatic ring is 1. The molecule has 0 unspecified atom stereocenters. The number of aromatic nitrogens is 1. The molecule has 0 aliphatic carbocycles. The molecule has 7 heteroatoms. The van der Waals surface area contributed by atoms with E-state index in [9.17, 15) is 15.0 Å². The Bertz CT molecular complexity index is 632. The molecule has 0 spiro atoms. The molecule has 2 aromatic rings. The van der Waals surface area contributed by atoms with Gasteiger partial charge in [0.15, 0.2) is 5.69 Å². The molecule has 0 aliphatic rings. The Morgan fingerprint density at radius 3 is 2.57 bits per heavy atom. The van der Waals surface area contributed by atoms with Crippen LogP contribution in [0.2, 0.25) is 0 Å². The number of methoxy groups -OCH3 is 1. The van der Waals surface area contributed by atoms with Crippen LogP contribution in [0.5, 0.6) is 0 Å². The van der Waals surface area contributed by atoms with Crippen LogP contribution < -0.4 is 10.6 Å². The summed E-state index contributed by atoms with van der Waals surface area (Å²) in [6.07, 6.45) is 1.72. The number of anilines is 2. The summed E-state index contributed by atoms with van der Waals surface area (Å²) in [4.78, 5) is 13.8. The summed E-state index contributed by atoms with van der Waals surface area (Å²) in [7, 11) is 1.30. The number of hydrogen-bond donors (Lipinski definition) is 3. The van der Waals surface area contributed by atoms with Crippen molar-refractivity contribution in [1.82, 2.24) is 4.40 Å². The van der Waals surface area contributed by atoms with Crippen molar-refractivity contribution in [2.75, 3.05) is 44.0 Å². The molecule has 0 aromatic carbocycles. The van der Waals surface area contributed by atoms with Gasteiger partial charge in [-0.25, -0.2) is 4.79 Å². The number of fused-ring (bicyclic) bond motifs is 1. The summed E-state index contributed by atoms with van der Waals surface area (Å²) < 4.78 is 6.49. The molecule has 0 saturated carbocycles. The van der Waals surface area contributed by atoms with E-state index >= 15 is 0 Å². The van der Waals surface area contributed by atoms with Gasteiger partial charge in [0.25, 0.3) is 0 Å². The zero-order chi connectivity index (χ0) is 15.4. The number of pyridine rings is 1. The van der Waals surface area contributed by atoms with Gasteiger partial charge in [0.05, 0.1) is 37.2 Å². The molecule has 2 aromatic heterocycles. The van der Waals surface area contributed by atoms with Crippen molar-refractivity contribution in [2.24, 2.45) is 0 Å². The maximum Gasteiger partial charge on any atom is 0.357 e. The fourth-order valence-corrected chi connectivity index (χ4v) is 2.41. The summed E-state index contributed by atoms with van der Waals surface area (Å²) in [5.74, 6) is -0.524. The molecular weight excluding hydrogens is 274 g/mol. The summed E-state index contributed by atoms with van der Waals surface area (Å²) in [5, 5.41) is 18.4. The Morgan fingerprint density at radius 2 is 2.00 bits per heavy atom. The van der Waals surface area contributed by atoms with Gasteiger partial charge in [-0.1, -0.05) is 6.07 Å². The van der Waals surface area contributed by atoms with Crippen LogP contribution >= 0.6 is 0 Å². The van der Waals surface area contributed by atoms with E-state index < -0.39 is 5.97 Å². The molecule has 114 valence electrons. The maximum atomic E-state index is 12.1. The van der Waals surface area contributed by atoms with Crippen LogP contribution in [0.1, 0.15) is 10.5 Å². The van der Waals surface area contributed by atoms with E-state index in [1.807, 2.05) is 6.07 Å². The number of hydrogen-bond acceptors (Lipinski definition) is 6. The largest absolute Gasteiger partial charge is 0.464 e. The molecule has 2 heterocycles. The second kappa shape index (κ2) is 6.47. The average molecular weight is 293 g/mol. The first-order chi connectivity index (χ1) is 10.2. The average Bonchev–Trinajstić information content (AvgIpc) is 2.80. The minimum Gasteiger partial charge on any atom is -0.464 e. The molecule has 0 radical (unpaired) electrons. The Hall–Kier alpha value is -2.25. The van der Waals surface area contributed by atoms with Gasteiger partial charge >= 0.3 is 5.97 Å². The Kier molecular flexibility index (Phi) is 4.66. The van der Waals surface area contributed by atoms with Crippen LogP contribution in [0.15, 0.2) is 24.4 Å². The van der Waals surface area contributed by atoms with Gasteiger partial charge in [0, 0.05) is 19.3 Å². The van der Waals surface area contributed by atoms with E-state index in [-0.39, 0.29) is 32.0 Å². The van der Waals surface area contributed by atoms with E-state index in [0.29, 0.717) is 16.9 Å². The Morgan fingerprint density at radius 1 is 1.33 bits per heavy atom. The molecule has 7 nitrogen and oxygen atoms in total. The minimum absolute atomic E-state index is 0.119. The van der Waals surface area contributed by atoms with E-state index in [1.54, 1.807) is 27.6 Å². The number of rotatable bonds is 6. The smallest absolute Gasteiger partial charge is 0.357 e. The summed E-state index contributed by atoms with van der Waals surface area (Å²) in [6.45, 7) is 0.274. The number of esters is 1. The van der Waals surface area contributed by atoms with Crippen molar-refractivity contribution < 1.29 is 19.7 Å². The molecule has 21 heavy (non-hydrogen) atoms. The Balaban J connectivity index is 2.69. The first-order valence-electron chi connectivity index (χ1n) is 6.59.